The first kappa shape index (κ1) is 65.7. The van der Waals surface area contributed by atoms with Crippen molar-refractivity contribution in [3.8, 4) is 23.0 Å². The molecule has 15 nitrogen and oxygen atoms in total. The topological polar surface area (TPSA) is 228 Å². The molecule has 0 saturated heterocycles. The van der Waals surface area contributed by atoms with Crippen molar-refractivity contribution in [3.63, 3.8) is 0 Å². The summed E-state index contributed by atoms with van der Waals surface area (Å²) in [5.74, 6) is 0.536. The molecule has 10 rings (SSSR count). The molecule has 0 aliphatic heterocycles. The summed E-state index contributed by atoms with van der Waals surface area (Å²) in [4.78, 5) is 65.5. The van der Waals surface area contributed by atoms with E-state index in [0.717, 1.165) is 75.9 Å². The number of nitrogens with zero attached hydrogens (tertiary/aromatic N) is 3. The number of hydrogen-bond donors (Lipinski definition) is 4. The quantitative estimate of drug-likeness (QED) is 0.0161. The lowest BCUT2D eigenvalue weighted by molar-refractivity contribution is -0.145. The first-order chi connectivity index (χ1) is 38.8. The van der Waals surface area contributed by atoms with Crippen molar-refractivity contribution in [1.82, 2.24) is 9.13 Å². The summed E-state index contributed by atoms with van der Waals surface area (Å²) < 4.78 is 59.5. The smallest absolute Gasteiger partial charge is 0.313 e. The van der Waals surface area contributed by atoms with E-state index < -0.39 is 29.2 Å². The highest BCUT2D eigenvalue weighted by Crippen LogP contribution is 2.31. The van der Waals surface area contributed by atoms with E-state index in [9.17, 15) is 51.7 Å². The first-order valence-electron chi connectivity index (χ1n) is 24.3. The van der Waals surface area contributed by atoms with Gasteiger partial charge in [-0.25, -0.2) is 17.6 Å². The van der Waals surface area contributed by atoms with Gasteiger partial charge in [-0.3, -0.25) is 24.0 Å². The molecule has 0 fully saturated rings. The minimum atomic E-state index is -0.999. The van der Waals surface area contributed by atoms with Crippen LogP contribution in [0, 0.1) is 37.1 Å². The number of phenols is 2. The van der Waals surface area contributed by atoms with E-state index in [1.54, 1.807) is 65.2 Å². The summed E-state index contributed by atoms with van der Waals surface area (Å²) in [6.45, 7) is 9.43. The number of aromatic nitrogens is 2. The number of ketones is 3. The Bertz CT molecular complexity index is 3610. The molecule has 82 heavy (non-hydrogen) atoms. The number of hydrogen-bond acceptors (Lipinski definition) is 16. The fourth-order valence-electron chi connectivity index (χ4n) is 7.34. The molecule has 0 spiro atoms. The molecule has 0 radical (unpaired) electrons. The van der Waals surface area contributed by atoms with Crippen LogP contribution in [0.25, 0.3) is 21.8 Å². The summed E-state index contributed by atoms with van der Waals surface area (Å²) in [7, 11) is 0. The number of fused-ring (bicyclic) bond motifs is 2. The van der Waals surface area contributed by atoms with Gasteiger partial charge in [-0.05, 0) is 147 Å². The molecule has 5 aromatic heterocycles. The van der Waals surface area contributed by atoms with Gasteiger partial charge < -0.3 is 39.5 Å². The van der Waals surface area contributed by atoms with E-state index >= 15 is 0 Å². The van der Waals surface area contributed by atoms with Crippen molar-refractivity contribution in [2.24, 2.45) is 16.8 Å². The third-order valence-electron chi connectivity index (χ3n) is 11.2. The summed E-state index contributed by atoms with van der Waals surface area (Å²) in [6.07, 6.45) is 7.29. The van der Waals surface area contributed by atoms with Gasteiger partial charge in [0.05, 0.1) is 25.9 Å². The molecule has 9 aromatic rings. The van der Waals surface area contributed by atoms with Crippen molar-refractivity contribution >= 4 is 91.6 Å². The Balaban J connectivity index is 0.000000231. The van der Waals surface area contributed by atoms with Gasteiger partial charge in [-0.2, -0.15) is 5.90 Å². The third kappa shape index (κ3) is 19.8. The van der Waals surface area contributed by atoms with Crippen LogP contribution in [-0.4, -0.2) is 61.8 Å². The number of Topliss-reactive ketones (excluding diaryl/α,β-unsaturated/α-hetero) is 1. The fraction of sp³-hybridized carbons (Fsp3) is 0.167. The van der Waals surface area contributed by atoms with Gasteiger partial charge in [0, 0.05) is 77.6 Å². The Morgan fingerprint density at radius 2 is 1.10 bits per heavy atom. The summed E-state index contributed by atoms with van der Waals surface area (Å²) in [5.41, 5.74) is 10.6. The minimum Gasteiger partial charge on any atom is -0.508 e. The normalized spacial score (nSPS) is 11.1. The number of rotatable bonds is 13. The third-order valence-corrected chi connectivity index (χ3v) is 13.8. The Morgan fingerprint density at radius 3 is 1.50 bits per heavy atom. The van der Waals surface area contributed by atoms with E-state index in [0.29, 0.717) is 25.3 Å². The van der Waals surface area contributed by atoms with Crippen LogP contribution in [0.4, 0.5) is 17.6 Å². The molecule has 430 valence electrons. The van der Waals surface area contributed by atoms with E-state index in [1.807, 2.05) is 66.4 Å². The lowest BCUT2D eigenvalue weighted by Crippen LogP contribution is -2.07. The highest BCUT2D eigenvalue weighted by atomic mass is 32.1. The molecule has 0 saturated carbocycles. The van der Waals surface area contributed by atoms with Crippen LogP contribution < -0.4 is 21.3 Å². The van der Waals surface area contributed by atoms with E-state index in [-0.39, 0.29) is 54.2 Å². The number of carbonyl (C=O) groups is 5. The highest BCUT2D eigenvalue weighted by Gasteiger charge is 2.16. The Hall–Kier alpha value is -8.80. The van der Waals surface area contributed by atoms with Crippen molar-refractivity contribution in [2.45, 2.75) is 61.2 Å². The number of thiophene rings is 3. The summed E-state index contributed by atoms with van der Waals surface area (Å²) in [6, 6.07) is 28.8. The molecular formula is C60H59F4N5O10S3. The second-order valence-corrected chi connectivity index (χ2v) is 20.0. The molecule has 22 heteroatoms. The number of carbonyl (C=O) groups excluding carboxylic acids is 5. The van der Waals surface area contributed by atoms with Crippen LogP contribution in [0.2, 0.25) is 0 Å². The van der Waals surface area contributed by atoms with Crippen LogP contribution in [0.1, 0.15) is 69.6 Å². The molecule has 0 unspecified atom stereocenters. The van der Waals surface area contributed by atoms with E-state index in [2.05, 4.69) is 41.9 Å². The van der Waals surface area contributed by atoms with Crippen LogP contribution in [0.5, 0.6) is 23.0 Å². The van der Waals surface area contributed by atoms with Crippen molar-refractivity contribution < 1.29 is 66.2 Å². The average molecular weight is 1180 g/mol. The van der Waals surface area contributed by atoms with Gasteiger partial charge >= 0.3 is 5.97 Å². The summed E-state index contributed by atoms with van der Waals surface area (Å²) in [5, 5.41) is 31.2. The lowest BCUT2D eigenvalue weighted by atomic mass is 10.1. The zero-order chi connectivity index (χ0) is 59.0. The van der Waals surface area contributed by atoms with Crippen LogP contribution >= 0.6 is 34.0 Å². The number of aromatic hydroxyl groups is 2. The molecule has 4 aromatic carbocycles. The fourth-order valence-corrected chi connectivity index (χ4v) is 9.31. The van der Waals surface area contributed by atoms with Gasteiger partial charge in [-0.15, -0.1) is 34.0 Å². The second kappa shape index (κ2) is 33.1. The Labute approximate surface area is 482 Å². The minimum absolute atomic E-state index is 0. The molecule has 0 atom stereocenters. The van der Waals surface area contributed by atoms with Gasteiger partial charge in [-0.1, -0.05) is 30.8 Å². The monoisotopic (exact) mass is 1180 g/mol. The number of nitrogens with two attached hydrogens (primary N) is 2. The number of aldehydes is 1. The molecule has 0 amide bonds. The molecular weight excluding hydrogens is 1120 g/mol. The molecule has 1 aliphatic rings. The molecule has 0 bridgehead atoms. The lowest BCUT2D eigenvalue weighted by Gasteiger charge is -2.06. The number of halogens is 4. The van der Waals surface area contributed by atoms with Gasteiger partial charge in [0.1, 0.15) is 29.5 Å². The number of esters is 1. The van der Waals surface area contributed by atoms with Crippen LogP contribution in [0.3, 0.4) is 0 Å². The Morgan fingerprint density at radius 1 is 0.646 bits per heavy atom. The van der Waals surface area contributed by atoms with Crippen LogP contribution in [0.15, 0.2) is 155 Å². The van der Waals surface area contributed by atoms with Crippen LogP contribution in [-0.2, 0) is 43.5 Å². The van der Waals surface area contributed by atoms with Gasteiger partial charge in [0.25, 0.3) is 0 Å². The number of benzene rings is 4. The molecule has 6 N–H and O–H groups in total. The zero-order valence-corrected chi connectivity index (χ0v) is 46.5. The first-order valence-corrected chi connectivity index (χ1v) is 26.9. The Kier molecular flexibility index (Phi) is 26.5. The van der Waals surface area contributed by atoms with Gasteiger partial charge in [0.2, 0.25) is 0 Å². The number of allylic oxidation sites excluding steroid dienone is 4. The van der Waals surface area contributed by atoms with Gasteiger partial charge in [0.15, 0.2) is 46.9 Å². The largest absolute Gasteiger partial charge is 0.508 e. The van der Waals surface area contributed by atoms with Crippen molar-refractivity contribution in [3.05, 3.63) is 210 Å². The van der Waals surface area contributed by atoms with Crippen molar-refractivity contribution in [2.75, 3.05) is 6.61 Å². The predicted octanol–water partition coefficient (Wildman–Crippen LogP) is 12.9. The number of oxime groups is 1. The van der Waals surface area contributed by atoms with Crippen molar-refractivity contribution in [1.29, 1.82) is 0 Å². The van der Waals surface area contributed by atoms with E-state index in [1.165, 1.54) is 64.2 Å². The average Bonchev–Trinajstić information content (AvgIpc) is 4.47. The summed E-state index contributed by atoms with van der Waals surface area (Å²) >= 11 is 5.06. The zero-order valence-electron chi connectivity index (χ0n) is 44.0. The number of ether oxygens (including phenoxy) is 1. The SMILES string of the molecule is C.CCOC(=O)CC(C)=O.Cc1c(/C=N/Oc2ccc(F)c(F)c2)c2cc(O)ccc2n1Cc1cccs1.Cc1c(C=O)c2cc(O)ccc2n1Cc1cccs1.NCc1cccs1.NOc1ccc(F)c(F)c1.O=C1C=CC(=O)C=C1. The predicted molar refractivity (Wildman–Crippen MR) is 314 cm³/mol. The van der Waals surface area contributed by atoms with E-state index in [4.69, 9.17) is 10.6 Å². The number of phenolic OH excluding ortho intramolecular Hbond substituents is 2. The standard InChI is InChI=1S/C21H16F2N2O2S.C15H13NO2S.C6H5F2NO.C6H10O3.C6H4O2.C5H7NS.CH4/c1-13-18(11-24-27-15-5-6-19(22)20(23)10-15)17-9-14(26)4-7-21(17)25(13)12-16-3-2-8-28-16;1-10-14(9-17)13-7-11(18)4-5-15(13)16(10)8-12-3-2-6-19-12;7-5-2-1-4(10-9)3-6(5)8;1-3-9-6(8)4-5(2)7;7-5-1-2-6(8)4-3-5;6-4-5-2-1-3-7-5;/h2-11,26H,12H2,1H3;2-7,9,18H,8H2,1H3;1-3H,9H2;3-4H2,1-2H3;1-4H;1-3H,4,6H2;1H4/b24-11+;;;;;;. The second-order valence-electron chi connectivity index (χ2n) is 16.9. The maximum atomic E-state index is 13.3. The maximum absolute atomic E-state index is 13.3. The molecule has 5 heterocycles. The highest BCUT2D eigenvalue weighted by molar-refractivity contribution is 7.10. The molecule has 1 aliphatic carbocycles. The maximum Gasteiger partial charge on any atom is 0.313 e.